The molecule has 0 spiro atoms. The topological polar surface area (TPSA) is 125 Å². The standard InChI is InChI=1S/C4H11N3.C4H4O4/c5-4-3-6-1-2-7-4;5-3(6)1-2-4(7)8/h4,6-7H,1-3,5H2;1-2H,(H,5,6)(H,7,8)/b;2-1-. The third-order valence-corrected chi connectivity index (χ3v) is 1.44. The van der Waals surface area contributed by atoms with Gasteiger partial charge in [0.2, 0.25) is 0 Å². The van der Waals surface area contributed by atoms with Crippen molar-refractivity contribution in [1.82, 2.24) is 10.6 Å². The lowest BCUT2D eigenvalue weighted by Gasteiger charge is -2.19. The molecular formula is C8H15N3O4. The molecular weight excluding hydrogens is 202 g/mol. The van der Waals surface area contributed by atoms with Crippen molar-refractivity contribution < 1.29 is 19.8 Å². The van der Waals surface area contributed by atoms with E-state index in [0.717, 1.165) is 19.6 Å². The van der Waals surface area contributed by atoms with Gasteiger partial charge in [-0.2, -0.15) is 0 Å². The summed E-state index contributed by atoms with van der Waals surface area (Å²) in [4.78, 5) is 19.1. The molecule has 7 heteroatoms. The van der Waals surface area contributed by atoms with Crippen LogP contribution in [0.15, 0.2) is 12.2 Å². The van der Waals surface area contributed by atoms with Crippen LogP contribution in [0.1, 0.15) is 0 Å². The van der Waals surface area contributed by atoms with Crippen molar-refractivity contribution >= 4 is 11.9 Å². The van der Waals surface area contributed by atoms with Crippen LogP contribution in [0.4, 0.5) is 0 Å². The van der Waals surface area contributed by atoms with Gasteiger partial charge < -0.3 is 21.3 Å². The second kappa shape index (κ2) is 7.92. The van der Waals surface area contributed by atoms with E-state index >= 15 is 0 Å². The number of hydrogen-bond donors (Lipinski definition) is 5. The summed E-state index contributed by atoms with van der Waals surface area (Å²) < 4.78 is 0. The number of rotatable bonds is 2. The maximum Gasteiger partial charge on any atom is 0.328 e. The average molecular weight is 217 g/mol. The highest BCUT2D eigenvalue weighted by Gasteiger charge is 2.03. The van der Waals surface area contributed by atoms with E-state index in [1.54, 1.807) is 0 Å². The highest BCUT2D eigenvalue weighted by Crippen LogP contribution is 1.73. The molecule has 0 saturated carbocycles. The van der Waals surface area contributed by atoms with E-state index in [9.17, 15) is 9.59 Å². The van der Waals surface area contributed by atoms with Crippen molar-refractivity contribution in [2.45, 2.75) is 6.17 Å². The third-order valence-electron chi connectivity index (χ3n) is 1.44. The van der Waals surface area contributed by atoms with E-state index in [4.69, 9.17) is 15.9 Å². The fourth-order valence-corrected chi connectivity index (χ4v) is 0.818. The number of carboxylic acids is 2. The Labute approximate surface area is 87.0 Å². The first-order valence-electron chi connectivity index (χ1n) is 4.36. The first-order chi connectivity index (χ1) is 7.02. The van der Waals surface area contributed by atoms with Crippen LogP contribution in [0.25, 0.3) is 0 Å². The summed E-state index contributed by atoms with van der Waals surface area (Å²) in [5, 5.41) is 21.9. The Hall–Kier alpha value is -1.44. The van der Waals surface area contributed by atoms with Crippen LogP contribution in [0, 0.1) is 0 Å². The zero-order valence-corrected chi connectivity index (χ0v) is 8.14. The molecule has 1 aliphatic rings. The van der Waals surface area contributed by atoms with Crippen LogP contribution in [-0.2, 0) is 9.59 Å². The molecule has 7 nitrogen and oxygen atoms in total. The molecule has 0 bridgehead atoms. The Morgan fingerprint density at radius 3 is 1.93 bits per heavy atom. The van der Waals surface area contributed by atoms with Crippen molar-refractivity contribution in [3.8, 4) is 0 Å². The van der Waals surface area contributed by atoms with Crippen molar-refractivity contribution in [2.24, 2.45) is 5.73 Å². The van der Waals surface area contributed by atoms with E-state index in [-0.39, 0.29) is 6.17 Å². The fraction of sp³-hybridized carbons (Fsp3) is 0.500. The number of aliphatic carboxylic acids is 2. The summed E-state index contributed by atoms with van der Waals surface area (Å²) in [6, 6.07) is 0. The van der Waals surface area contributed by atoms with Gasteiger partial charge in [-0.3, -0.25) is 5.32 Å². The second-order valence-electron chi connectivity index (χ2n) is 2.77. The smallest absolute Gasteiger partial charge is 0.328 e. The van der Waals surface area contributed by atoms with E-state index in [1.807, 2.05) is 0 Å². The normalized spacial score (nSPS) is 20.5. The maximum absolute atomic E-state index is 9.55. The predicted molar refractivity (Wildman–Crippen MR) is 53.3 cm³/mol. The van der Waals surface area contributed by atoms with Crippen LogP contribution in [0.2, 0.25) is 0 Å². The van der Waals surface area contributed by atoms with Gasteiger partial charge in [0.25, 0.3) is 0 Å². The molecule has 0 amide bonds. The van der Waals surface area contributed by atoms with Gasteiger partial charge >= 0.3 is 11.9 Å². The largest absolute Gasteiger partial charge is 0.478 e. The van der Waals surface area contributed by atoms with Crippen LogP contribution in [-0.4, -0.2) is 48.0 Å². The minimum Gasteiger partial charge on any atom is -0.478 e. The Kier molecular flexibility index (Phi) is 7.16. The fourth-order valence-electron chi connectivity index (χ4n) is 0.818. The number of carboxylic acid groups (broad SMARTS) is 2. The summed E-state index contributed by atoms with van der Waals surface area (Å²) in [6.07, 6.45) is 1.29. The molecule has 0 radical (unpaired) electrons. The molecule has 1 rings (SSSR count). The van der Waals surface area contributed by atoms with Gasteiger partial charge in [-0.05, 0) is 0 Å². The zero-order chi connectivity index (χ0) is 11.7. The zero-order valence-electron chi connectivity index (χ0n) is 8.14. The molecule has 1 unspecified atom stereocenters. The molecule has 6 N–H and O–H groups in total. The molecule has 86 valence electrons. The average Bonchev–Trinajstić information content (AvgIpc) is 2.17. The number of carbonyl (C=O) groups is 2. The van der Waals surface area contributed by atoms with Crippen molar-refractivity contribution in [2.75, 3.05) is 19.6 Å². The number of piperazine rings is 1. The minimum atomic E-state index is -1.26. The molecule has 15 heavy (non-hydrogen) atoms. The summed E-state index contributed by atoms with van der Waals surface area (Å²) in [7, 11) is 0. The van der Waals surface area contributed by atoms with Crippen LogP contribution in [0.3, 0.4) is 0 Å². The van der Waals surface area contributed by atoms with E-state index < -0.39 is 11.9 Å². The molecule has 1 aliphatic heterocycles. The van der Waals surface area contributed by atoms with Crippen LogP contribution >= 0.6 is 0 Å². The number of hydrogen-bond acceptors (Lipinski definition) is 5. The van der Waals surface area contributed by atoms with Crippen molar-refractivity contribution in [1.29, 1.82) is 0 Å². The van der Waals surface area contributed by atoms with Gasteiger partial charge in [-0.15, -0.1) is 0 Å². The van der Waals surface area contributed by atoms with Gasteiger partial charge in [0.1, 0.15) is 0 Å². The lowest BCUT2D eigenvalue weighted by atomic mass is 10.4. The Morgan fingerprint density at radius 1 is 1.20 bits per heavy atom. The Balaban J connectivity index is 0.000000262. The molecule has 1 fully saturated rings. The monoisotopic (exact) mass is 217 g/mol. The van der Waals surface area contributed by atoms with Crippen molar-refractivity contribution in [3.05, 3.63) is 12.2 Å². The van der Waals surface area contributed by atoms with Crippen LogP contribution in [0.5, 0.6) is 0 Å². The van der Waals surface area contributed by atoms with Gasteiger partial charge in [0.05, 0.1) is 6.17 Å². The minimum absolute atomic E-state index is 0.175. The summed E-state index contributed by atoms with van der Waals surface area (Å²) in [5.74, 6) is -2.51. The molecule has 1 saturated heterocycles. The first-order valence-corrected chi connectivity index (χ1v) is 4.36. The summed E-state index contributed by atoms with van der Waals surface area (Å²) in [6.45, 7) is 2.95. The Bertz CT molecular complexity index is 220. The Morgan fingerprint density at radius 2 is 1.73 bits per heavy atom. The van der Waals surface area contributed by atoms with Crippen molar-refractivity contribution in [3.63, 3.8) is 0 Å². The van der Waals surface area contributed by atoms with E-state index in [2.05, 4.69) is 10.6 Å². The second-order valence-corrected chi connectivity index (χ2v) is 2.77. The molecule has 0 aromatic carbocycles. The molecule has 0 aromatic rings. The van der Waals surface area contributed by atoms with Crippen LogP contribution < -0.4 is 16.4 Å². The molecule has 0 aliphatic carbocycles. The van der Waals surface area contributed by atoms with Gasteiger partial charge in [0, 0.05) is 31.8 Å². The number of nitrogens with one attached hydrogen (secondary N) is 2. The lowest BCUT2D eigenvalue weighted by Crippen LogP contribution is -2.53. The number of nitrogens with two attached hydrogens (primary N) is 1. The molecule has 1 atom stereocenters. The SMILES string of the molecule is NC1CNCCN1.O=C(O)/C=C\C(=O)O. The highest BCUT2D eigenvalue weighted by atomic mass is 16.4. The van der Waals surface area contributed by atoms with Gasteiger partial charge in [-0.1, -0.05) is 0 Å². The summed E-state index contributed by atoms with van der Waals surface area (Å²) in [5.41, 5.74) is 5.46. The predicted octanol–water partition coefficient (Wildman–Crippen LogP) is -1.82. The maximum atomic E-state index is 9.55. The molecule has 0 aromatic heterocycles. The van der Waals surface area contributed by atoms with E-state index in [0.29, 0.717) is 12.2 Å². The molecule has 1 heterocycles. The lowest BCUT2D eigenvalue weighted by molar-refractivity contribution is -0.134. The summed E-state index contributed by atoms with van der Waals surface area (Å²) >= 11 is 0. The highest BCUT2D eigenvalue weighted by molar-refractivity contribution is 5.89. The van der Waals surface area contributed by atoms with Gasteiger partial charge in [0.15, 0.2) is 0 Å². The first kappa shape index (κ1) is 13.6. The van der Waals surface area contributed by atoms with E-state index in [1.165, 1.54) is 0 Å². The van der Waals surface area contributed by atoms with Gasteiger partial charge in [-0.25, -0.2) is 9.59 Å². The quantitative estimate of drug-likeness (QED) is 0.345. The third kappa shape index (κ3) is 10.5.